The van der Waals surface area contributed by atoms with Crippen LogP contribution < -0.4 is 5.90 Å². The van der Waals surface area contributed by atoms with Gasteiger partial charge in [-0.2, -0.15) is 15.9 Å². The van der Waals surface area contributed by atoms with Gasteiger partial charge >= 0.3 is 6.03 Å². The van der Waals surface area contributed by atoms with Gasteiger partial charge in [0.2, 0.25) is 0 Å². The molecule has 0 radical (unpaired) electrons. The molecule has 2 aliphatic heterocycles. The van der Waals surface area contributed by atoms with Crippen LogP contribution in [0.2, 0.25) is 0 Å². The maximum Gasteiger partial charge on any atom is 0.345 e. The first-order chi connectivity index (χ1) is 17.0. The van der Waals surface area contributed by atoms with Gasteiger partial charge in [-0.05, 0) is 28.3 Å². The lowest BCUT2D eigenvalue weighted by molar-refractivity contribution is -0.127. The fourth-order valence-electron chi connectivity index (χ4n) is 4.93. The lowest BCUT2D eigenvalue weighted by atomic mass is 9.89. The quantitative estimate of drug-likeness (QED) is 0.244. The van der Waals surface area contributed by atoms with Crippen LogP contribution >= 0.6 is 11.6 Å². The van der Waals surface area contributed by atoms with Crippen molar-refractivity contribution in [2.45, 2.75) is 0 Å². The molecule has 0 bridgehead atoms. The number of fused-ring (bicyclic) bond motifs is 2. The van der Waals surface area contributed by atoms with E-state index in [1.165, 1.54) is 4.90 Å². The molecule has 9 nitrogen and oxygen atoms in total. The van der Waals surface area contributed by atoms with Crippen molar-refractivity contribution in [2.75, 3.05) is 51.7 Å². The second kappa shape index (κ2) is 9.79. The molecule has 4 amide bonds. The van der Waals surface area contributed by atoms with E-state index in [4.69, 9.17) is 17.5 Å². The summed E-state index contributed by atoms with van der Waals surface area (Å²) >= 11 is 5.69. The van der Waals surface area contributed by atoms with E-state index in [0.29, 0.717) is 43.9 Å². The number of carbonyl (C=O) groups is 3. The Morgan fingerprint density at radius 3 is 2.46 bits per heavy atom. The van der Waals surface area contributed by atoms with E-state index in [-0.39, 0.29) is 36.8 Å². The molecule has 3 aromatic rings. The molecule has 0 aromatic heterocycles. The minimum Gasteiger partial charge on any atom is -0.320 e. The molecular formula is C25H26ClN5O4. The number of nitrogens with zero attached hydrogens (tertiary/aromatic N) is 4. The zero-order chi connectivity index (χ0) is 24.5. The average molecular weight is 496 g/mol. The first-order valence-corrected chi connectivity index (χ1v) is 12.1. The zero-order valence-corrected chi connectivity index (χ0v) is 19.9. The number of nitrogens with two attached hydrogens (primary N) is 1. The number of carbonyl (C=O) groups excluding carboxylic acids is 3. The Balaban J connectivity index is 1.31. The molecule has 0 unspecified atom stereocenters. The number of alkyl halides is 1. The van der Waals surface area contributed by atoms with Crippen LogP contribution in [0.3, 0.4) is 0 Å². The van der Waals surface area contributed by atoms with Crippen LogP contribution in [-0.2, 0) is 4.94 Å². The summed E-state index contributed by atoms with van der Waals surface area (Å²) in [4.78, 5) is 49.2. The van der Waals surface area contributed by atoms with Gasteiger partial charge in [0.1, 0.15) is 0 Å². The zero-order valence-electron chi connectivity index (χ0n) is 19.2. The highest BCUT2D eigenvalue weighted by Crippen LogP contribution is 2.35. The van der Waals surface area contributed by atoms with Gasteiger partial charge in [-0.15, -0.1) is 11.6 Å². The van der Waals surface area contributed by atoms with E-state index < -0.39 is 0 Å². The maximum absolute atomic E-state index is 13.6. The number of benzene rings is 3. The van der Waals surface area contributed by atoms with E-state index in [0.717, 1.165) is 26.6 Å². The minimum absolute atomic E-state index is 0.194. The molecule has 35 heavy (non-hydrogen) atoms. The van der Waals surface area contributed by atoms with Crippen molar-refractivity contribution >= 4 is 51.0 Å². The Kier molecular flexibility index (Phi) is 6.57. The number of imide groups is 1. The molecule has 2 heterocycles. The lowest BCUT2D eigenvalue weighted by Crippen LogP contribution is -2.54. The lowest BCUT2D eigenvalue weighted by Gasteiger charge is -2.37. The number of rotatable bonds is 6. The van der Waals surface area contributed by atoms with Crippen molar-refractivity contribution in [3.63, 3.8) is 0 Å². The molecule has 0 aliphatic carbocycles. The monoisotopic (exact) mass is 495 g/mol. The Morgan fingerprint density at radius 2 is 1.71 bits per heavy atom. The van der Waals surface area contributed by atoms with Crippen LogP contribution in [0.5, 0.6) is 0 Å². The fraction of sp³-hybridized carbons (Fsp3) is 0.320. The summed E-state index contributed by atoms with van der Waals surface area (Å²) in [6.45, 7) is 3.17. The summed E-state index contributed by atoms with van der Waals surface area (Å²) in [6.07, 6.45) is 0. The first-order valence-electron chi connectivity index (χ1n) is 11.6. The van der Waals surface area contributed by atoms with Crippen LogP contribution in [0.4, 0.5) is 4.79 Å². The van der Waals surface area contributed by atoms with Crippen LogP contribution in [0, 0.1) is 0 Å². The molecular weight excluding hydrogens is 470 g/mol. The standard InChI is InChI=1S/C25H26ClN5O4/c26-8-9-31(35-27)25(34)29-13-10-28(11-14-29)12-15-30-23(32)20-7-3-5-18-16-17-4-1-2-6-19(17)22(21(18)20)24(30)33/h1-7,16H,8-15,27H2. The molecule has 0 spiro atoms. The van der Waals surface area contributed by atoms with Crippen molar-refractivity contribution in [3.05, 3.63) is 59.7 Å². The third-order valence-corrected chi connectivity index (χ3v) is 6.90. The van der Waals surface area contributed by atoms with E-state index in [1.54, 1.807) is 11.0 Å². The minimum atomic E-state index is -0.328. The average Bonchev–Trinajstić information content (AvgIpc) is 2.89. The number of amides is 4. The molecule has 182 valence electrons. The smallest absolute Gasteiger partial charge is 0.320 e. The van der Waals surface area contributed by atoms with Crippen LogP contribution in [0.25, 0.3) is 21.5 Å². The number of piperazine rings is 1. The third-order valence-electron chi connectivity index (χ3n) is 6.73. The molecule has 10 heteroatoms. The molecule has 2 aliphatic rings. The second-order valence-electron chi connectivity index (χ2n) is 8.65. The van der Waals surface area contributed by atoms with Crippen molar-refractivity contribution in [1.82, 2.24) is 19.8 Å². The number of halogens is 1. The van der Waals surface area contributed by atoms with Gasteiger partial charge in [-0.25, -0.2) is 4.79 Å². The van der Waals surface area contributed by atoms with E-state index in [2.05, 4.69) is 9.84 Å². The SMILES string of the molecule is NON(CCCl)C(=O)N1CCN(CCN2C(=O)c3cccc4cc5ccccc5c(c34)C2=O)CC1. The van der Waals surface area contributed by atoms with Crippen LogP contribution in [0.1, 0.15) is 20.7 Å². The van der Waals surface area contributed by atoms with Gasteiger partial charge in [-0.1, -0.05) is 36.4 Å². The highest BCUT2D eigenvalue weighted by molar-refractivity contribution is 6.30. The largest absolute Gasteiger partial charge is 0.345 e. The highest BCUT2D eigenvalue weighted by Gasteiger charge is 2.34. The summed E-state index contributed by atoms with van der Waals surface area (Å²) in [6, 6.07) is 15.1. The molecule has 1 saturated heterocycles. The topological polar surface area (TPSA) is 99.4 Å². The Hall–Kier alpha value is -3.24. The van der Waals surface area contributed by atoms with Crippen molar-refractivity contribution in [1.29, 1.82) is 0 Å². The van der Waals surface area contributed by atoms with Crippen LogP contribution in [-0.4, -0.2) is 89.3 Å². The molecule has 3 aromatic carbocycles. The van der Waals surface area contributed by atoms with E-state index >= 15 is 0 Å². The summed E-state index contributed by atoms with van der Waals surface area (Å²) in [5.74, 6) is 4.87. The van der Waals surface area contributed by atoms with E-state index in [9.17, 15) is 14.4 Å². The fourth-order valence-corrected chi connectivity index (χ4v) is 5.08. The summed E-state index contributed by atoms with van der Waals surface area (Å²) in [7, 11) is 0. The Labute approximate surface area is 207 Å². The molecule has 2 N–H and O–H groups in total. The summed E-state index contributed by atoms with van der Waals surface area (Å²) in [5, 5.41) is 4.48. The predicted octanol–water partition coefficient (Wildman–Crippen LogP) is 2.67. The normalized spacial score (nSPS) is 16.4. The molecule has 1 fully saturated rings. The number of hydroxylamine groups is 2. The van der Waals surface area contributed by atoms with Gasteiger partial charge < -0.3 is 4.90 Å². The third kappa shape index (κ3) is 4.21. The molecule has 0 saturated carbocycles. The second-order valence-corrected chi connectivity index (χ2v) is 9.02. The molecule has 5 rings (SSSR count). The Bertz CT molecular complexity index is 1310. The number of urea groups is 1. The number of hydrogen-bond donors (Lipinski definition) is 1. The van der Waals surface area contributed by atoms with Gasteiger partial charge in [0.25, 0.3) is 11.8 Å². The summed E-state index contributed by atoms with van der Waals surface area (Å²) < 4.78 is 0. The van der Waals surface area contributed by atoms with Crippen LogP contribution in [0.15, 0.2) is 48.5 Å². The van der Waals surface area contributed by atoms with Crippen molar-refractivity contribution < 1.29 is 19.3 Å². The van der Waals surface area contributed by atoms with Gasteiger partial charge in [0.05, 0.1) is 12.1 Å². The van der Waals surface area contributed by atoms with Gasteiger partial charge in [0.15, 0.2) is 0 Å². The number of hydrogen-bond acceptors (Lipinski definition) is 6. The highest BCUT2D eigenvalue weighted by atomic mass is 35.5. The summed E-state index contributed by atoms with van der Waals surface area (Å²) in [5.41, 5.74) is 1.14. The predicted molar refractivity (Wildman–Crippen MR) is 133 cm³/mol. The van der Waals surface area contributed by atoms with Gasteiger partial charge in [0, 0.05) is 56.1 Å². The molecule has 0 atom stereocenters. The van der Waals surface area contributed by atoms with Gasteiger partial charge in [-0.3, -0.25) is 19.4 Å². The maximum atomic E-state index is 13.6. The van der Waals surface area contributed by atoms with E-state index in [1.807, 2.05) is 42.5 Å². The van der Waals surface area contributed by atoms with Crippen molar-refractivity contribution in [3.8, 4) is 0 Å². The van der Waals surface area contributed by atoms with Crippen molar-refractivity contribution in [2.24, 2.45) is 5.90 Å². The Morgan fingerprint density at radius 1 is 0.971 bits per heavy atom. The first kappa shape index (κ1) is 23.5.